The van der Waals surface area contributed by atoms with Crippen molar-refractivity contribution in [2.24, 2.45) is 0 Å². The number of hydrogen-bond acceptors (Lipinski definition) is 6. The molecule has 14 heavy (non-hydrogen) atoms. The second kappa shape index (κ2) is 5.00. The van der Waals surface area contributed by atoms with Crippen molar-refractivity contribution in [2.75, 3.05) is 26.1 Å². The fourth-order valence-electron chi connectivity index (χ4n) is 0.763. The average Bonchev–Trinajstić information content (AvgIpc) is 2.25. The molecule has 0 aliphatic carbocycles. The molecule has 0 saturated heterocycles. The van der Waals surface area contributed by atoms with Gasteiger partial charge in [-0.05, 0) is 0 Å². The summed E-state index contributed by atoms with van der Waals surface area (Å²) in [7, 11) is 2.96. The summed E-state index contributed by atoms with van der Waals surface area (Å²) in [5.74, 6) is 0.397. The fourth-order valence-corrected chi connectivity index (χ4v) is 0.763. The Balaban J connectivity index is 2.86. The number of methoxy groups -OCH3 is 2. The van der Waals surface area contributed by atoms with Crippen molar-refractivity contribution in [1.82, 2.24) is 15.0 Å². The van der Waals surface area contributed by atoms with Crippen LogP contribution in [0.5, 0.6) is 12.0 Å². The molecule has 0 aliphatic heterocycles. The molecule has 0 fully saturated rings. The van der Waals surface area contributed by atoms with Gasteiger partial charge in [0.05, 0.1) is 14.2 Å². The van der Waals surface area contributed by atoms with Crippen LogP contribution in [0.15, 0.2) is 12.7 Å². The largest absolute Gasteiger partial charge is 0.467 e. The van der Waals surface area contributed by atoms with Gasteiger partial charge in [0.2, 0.25) is 5.95 Å². The van der Waals surface area contributed by atoms with Crippen LogP contribution in [-0.4, -0.2) is 35.7 Å². The normalized spacial score (nSPS) is 9.29. The van der Waals surface area contributed by atoms with E-state index in [4.69, 9.17) is 9.47 Å². The van der Waals surface area contributed by atoms with E-state index >= 15 is 0 Å². The molecule has 0 atom stereocenters. The lowest BCUT2D eigenvalue weighted by molar-refractivity contribution is 0.341. The van der Waals surface area contributed by atoms with Gasteiger partial charge < -0.3 is 14.8 Å². The van der Waals surface area contributed by atoms with E-state index in [1.807, 2.05) is 0 Å². The summed E-state index contributed by atoms with van der Waals surface area (Å²) in [4.78, 5) is 11.8. The Bertz CT molecular complexity index is 294. The van der Waals surface area contributed by atoms with E-state index in [9.17, 15) is 0 Å². The standard InChI is InChI=1S/C8H12N4O2/c1-4-5-9-6-10-7(13-2)12-8(11-6)14-3/h4H,1,5H2,2-3H3,(H,9,10,11,12). The van der Waals surface area contributed by atoms with Crippen LogP contribution < -0.4 is 14.8 Å². The monoisotopic (exact) mass is 196 g/mol. The minimum Gasteiger partial charge on any atom is -0.467 e. The van der Waals surface area contributed by atoms with Crippen molar-refractivity contribution < 1.29 is 9.47 Å². The third-order valence-corrected chi connectivity index (χ3v) is 1.36. The van der Waals surface area contributed by atoms with Gasteiger partial charge in [-0.25, -0.2) is 0 Å². The molecule has 0 radical (unpaired) electrons. The Morgan fingerprint density at radius 2 is 1.79 bits per heavy atom. The van der Waals surface area contributed by atoms with Crippen LogP contribution in [0, 0.1) is 0 Å². The quantitative estimate of drug-likeness (QED) is 0.691. The molecule has 1 heterocycles. The molecule has 0 bridgehead atoms. The topological polar surface area (TPSA) is 69.2 Å². The first kappa shape index (κ1) is 10.2. The number of aromatic nitrogens is 3. The van der Waals surface area contributed by atoms with Crippen molar-refractivity contribution >= 4 is 5.95 Å². The maximum Gasteiger partial charge on any atom is 0.324 e. The number of ether oxygens (including phenoxy) is 2. The molecule has 1 N–H and O–H groups in total. The summed E-state index contributed by atoms with van der Waals surface area (Å²) in [6.07, 6.45) is 1.70. The highest BCUT2D eigenvalue weighted by molar-refractivity contribution is 5.28. The first-order valence-electron chi connectivity index (χ1n) is 3.99. The molecule has 6 nitrogen and oxygen atoms in total. The zero-order valence-electron chi connectivity index (χ0n) is 8.15. The Morgan fingerprint density at radius 3 is 2.21 bits per heavy atom. The minimum atomic E-state index is 0.211. The van der Waals surface area contributed by atoms with E-state index in [2.05, 4.69) is 26.8 Å². The summed E-state index contributed by atoms with van der Waals surface area (Å²) in [5.41, 5.74) is 0. The molecule has 0 aromatic carbocycles. The number of nitrogens with one attached hydrogen (secondary N) is 1. The van der Waals surface area contributed by atoms with Crippen molar-refractivity contribution in [3.63, 3.8) is 0 Å². The van der Waals surface area contributed by atoms with Crippen LogP contribution in [0.2, 0.25) is 0 Å². The van der Waals surface area contributed by atoms with Gasteiger partial charge in [-0.3, -0.25) is 0 Å². The predicted octanol–water partition coefficient (Wildman–Crippen LogP) is 0.487. The fraction of sp³-hybridized carbons (Fsp3) is 0.375. The molecular weight excluding hydrogens is 184 g/mol. The Hall–Kier alpha value is -1.85. The highest BCUT2D eigenvalue weighted by Gasteiger charge is 2.05. The van der Waals surface area contributed by atoms with Gasteiger partial charge in [0, 0.05) is 6.54 Å². The summed E-state index contributed by atoms with van der Waals surface area (Å²) in [6, 6.07) is 0.423. The van der Waals surface area contributed by atoms with Crippen molar-refractivity contribution in [3.8, 4) is 12.0 Å². The average molecular weight is 196 g/mol. The number of hydrogen-bond donors (Lipinski definition) is 1. The summed E-state index contributed by atoms with van der Waals surface area (Å²) in [5, 5.41) is 2.90. The van der Waals surface area contributed by atoms with E-state index < -0.39 is 0 Å². The van der Waals surface area contributed by atoms with E-state index in [0.29, 0.717) is 12.5 Å². The number of rotatable bonds is 5. The number of nitrogens with zero attached hydrogens (tertiary/aromatic N) is 3. The molecule has 1 rings (SSSR count). The first-order valence-corrected chi connectivity index (χ1v) is 3.99. The second-order valence-electron chi connectivity index (χ2n) is 2.30. The molecule has 0 aliphatic rings. The van der Waals surface area contributed by atoms with Crippen LogP contribution in [-0.2, 0) is 0 Å². The Morgan fingerprint density at radius 1 is 1.21 bits per heavy atom. The highest BCUT2D eigenvalue weighted by atomic mass is 16.5. The highest BCUT2D eigenvalue weighted by Crippen LogP contribution is 2.11. The second-order valence-corrected chi connectivity index (χ2v) is 2.30. The Labute approximate surface area is 82.0 Å². The summed E-state index contributed by atoms with van der Waals surface area (Å²) >= 11 is 0. The van der Waals surface area contributed by atoms with Gasteiger partial charge >= 0.3 is 12.0 Å². The third kappa shape index (κ3) is 2.58. The lowest BCUT2D eigenvalue weighted by atomic mass is 10.6. The summed E-state index contributed by atoms with van der Waals surface area (Å²) in [6.45, 7) is 4.13. The molecule has 0 spiro atoms. The van der Waals surface area contributed by atoms with Crippen LogP contribution >= 0.6 is 0 Å². The van der Waals surface area contributed by atoms with E-state index in [-0.39, 0.29) is 12.0 Å². The summed E-state index contributed by atoms with van der Waals surface area (Å²) < 4.78 is 9.74. The van der Waals surface area contributed by atoms with Crippen molar-refractivity contribution in [3.05, 3.63) is 12.7 Å². The maximum absolute atomic E-state index is 4.87. The van der Waals surface area contributed by atoms with Crippen LogP contribution in [0.1, 0.15) is 0 Å². The lowest BCUT2D eigenvalue weighted by Gasteiger charge is -2.04. The van der Waals surface area contributed by atoms with Crippen LogP contribution in [0.25, 0.3) is 0 Å². The molecule has 0 saturated carbocycles. The maximum atomic E-state index is 4.87. The van der Waals surface area contributed by atoms with Crippen molar-refractivity contribution in [2.45, 2.75) is 0 Å². The zero-order valence-corrected chi connectivity index (χ0v) is 8.15. The van der Waals surface area contributed by atoms with Gasteiger partial charge in [-0.2, -0.15) is 9.97 Å². The molecule has 0 amide bonds. The molecule has 6 heteroatoms. The van der Waals surface area contributed by atoms with Gasteiger partial charge in [0.15, 0.2) is 0 Å². The molecule has 76 valence electrons. The smallest absolute Gasteiger partial charge is 0.324 e. The van der Waals surface area contributed by atoms with Gasteiger partial charge in [-0.15, -0.1) is 11.6 Å². The van der Waals surface area contributed by atoms with E-state index in [1.54, 1.807) is 6.08 Å². The van der Waals surface area contributed by atoms with Crippen LogP contribution in [0.3, 0.4) is 0 Å². The van der Waals surface area contributed by atoms with Gasteiger partial charge in [-0.1, -0.05) is 6.08 Å². The Kier molecular flexibility index (Phi) is 3.66. The molecule has 1 aromatic rings. The van der Waals surface area contributed by atoms with E-state index in [0.717, 1.165) is 0 Å². The SMILES string of the molecule is C=CCNc1nc(OC)nc(OC)n1. The van der Waals surface area contributed by atoms with Gasteiger partial charge in [0.1, 0.15) is 0 Å². The zero-order chi connectivity index (χ0) is 10.4. The van der Waals surface area contributed by atoms with Crippen LogP contribution in [0.4, 0.5) is 5.95 Å². The number of anilines is 1. The minimum absolute atomic E-state index is 0.211. The van der Waals surface area contributed by atoms with Gasteiger partial charge in [0.25, 0.3) is 0 Å². The molecular formula is C8H12N4O2. The first-order chi connectivity index (χ1) is 6.80. The predicted molar refractivity (Wildman–Crippen MR) is 51.6 cm³/mol. The molecule has 1 aromatic heterocycles. The lowest BCUT2D eigenvalue weighted by Crippen LogP contribution is -2.06. The van der Waals surface area contributed by atoms with E-state index in [1.165, 1.54) is 14.2 Å². The molecule has 0 unspecified atom stereocenters. The third-order valence-electron chi connectivity index (χ3n) is 1.36. The van der Waals surface area contributed by atoms with Crippen molar-refractivity contribution in [1.29, 1.82) is 0 Å².